The van der Waals surface area contributed by atoms with Crippen molar-refractivity contribution in [2.24, 2.45) is 0 Å². The lowest BCUT2D eigenvalue weighted by Gasteiger charge is -2.09. The number of hydrogen-bond acceptors (Lipinski definition) is 3. The van der Waals surface area contributed by atoms with Gasteiger partial charge in [0.05, 0.1) is 6.61 Å². The Morgan fingerprint density at radius 2 is 1.30 bits per heavy atom. The molecule has 0 amide bonds. The third-order valence-electron chi connectivity index (χ3n) is 5.54. The van der Waals surface area contributed by atoms with E-state index in [2.05, 4.69) is 12.2 Å². The number of carbonyl (C=O) groups is 1. The number of benzene rings is 1. The zero-order valence-corrected chi connectivity index (χ0v) is 19.3. The highest BCUT2D eigenvalue weighted by atomic mass is 16.5. The first-order valence-corrected chi connectivity index (χ1v) is 12.4. The minimum atomic E-state index is -0.866. The molecule has 0 heterocycles. The Bertz CT molecular complexity index is 533. The maximum Gasteiger partial charge on any atom is 0.322 e. The number of unbranched alkanes of at least 4 members (excludes halogenated alkanes) is 15. The number of rotatable bonds is 21. The lowest BCUT2D eigenvalue weighted by atomic mass is 10.0. The molecule has 4 nitrogen and oxygen atoms in total. The van der Waals surface area contributed by atoms with E-state index in [4.69, 9.17) is 9.84 Å². The van der Waals surface area contributed by atoms with Crippen molar-refractivity contribution in [1.29, 1.82) is 0 Å². The van der Waals surface area contributed by atoms with Crippen molar-refractivity contribution in [3.05, 3.63) is 24.3 Å². The van der Waals surface area contributed by atoms with E-state index >= 15 is 0 Å². The molecule has 4 heteroatoms. The van der Waals surface area contributed by atoms with Crippen molar-refractivity contribution in [3.8, 4) is 5.75 Å². The normalized spacial score (nSPS) is 10.8. The summed E-state index contributed by atoms with van der Waals surface area (Å²) in [5.74, 6) is -0.0687. The third-order valence-corrected chi connectivity index (χ3v) is 5.54. The quantitative estimate of drug-likeness (QED) is 0.199. The minimum absolute atomic E-state index is 0.0808. The van der Waals surface area contributed by atoms with Gasteiger partial charge in [-0.25, -0.2) is 0 Å². The smallest absolute Gasteiger partial charge is 0.322 e. The standard InChI is InChI=1S/C26H45NO3/c1-2-3-4-5-6-7-8-9-10-11-12-13-14-15-16-17-21-30-25-20-18-19-24(22-25)27-23-26(28)29/h18-20,22,27H,2-17,21,23H2,1H3,(H,28,29). The third kappa shape index (κ3) is 16.1. The van der Waals surface area contributed by atoms with Crippen LogP contribution < -0.4 is 10.1 Å². The van der Waals surface area contributed by atoms with Crippen LogP contribution in [0.5, 0.6) is 5.75 Å². The fourth-order valence-electron chi connectivity index (χ4n) is 3.71. The predicted molar refractivity (Wildman–Crippen MR) is 128 cm³/mol. The van der Waals surface area contributed by atoms with Gasteiger partial charge in [-0.2, -0.15) is 0 Å². The van der Waals surface area contributed by atoms with Crippen LogP contribution in [0.4, 0.5) is 5.69 Å². The van der Waals surface area contributed by atoms with Crippen molar-refractivity contribution >= 4 is 11.7 Å². The van der Waals surface area contributed by atoms with Crippen LogP contribution in [0.3, 0.4) is 0 Å². The molecule has 0 aliphatic carbocycles. The number of aliphatic carboxylic acids is 1. The van der Waals surface area contributed by atoms with Gasteiger partial charge < -0.3 is 15.2 Å². The van der Waals surface area contributed by atoms with Gasteiger partial charge in [0, 0.05) is 11.8 Å². The van der Waals surface area contributed by atoms with Crippen LogP contribution in [0.25, 0.3) is 0 Å². The van der Waals surface area contributed by atoms with Gasteiger partial charge in [-0.1, -0.05) is 109 Å². The summed E-state index contributed by atoms with van der Waals surface area (Å²) in [7, 11) is 0. The van der Waals surface area contributed by atoms with Gasteiger partial charge in [-0.15, -0.1) is 0 Å². The highest BCUT2D eigenvalue weighted by Crippen LogP contribution is 2.18. The summed E-state index contributed by atoms with van der Waals surface area (Å²) < 4.78 is 5.79. The van der Waals surface area contributed by atoms with Crippen LogP contribution in [0.2, 0.25) is 0 Å². The molecular formula is C26H45NO3. The molecule has 0 radical (unpaired) electrons. The molecule has 0 spiro atoms. The number of nitrogens with one attached hydrogen (secondary N) is 1. The summed E-state index contributed by atoms with van der Waals surface area (Å²) >= 11 is 0. The lowest BCUT2D eigenvalue weighted by Crippen LogP contribution is -2.12. The van der Waals surface area contributed by atoms with Gasteiger partial charge in [-0.3, -0.25) is 4.79 Å². The molecule has 0 bridgehead atoms. The molecule has 2 N–H and O–H groups in total. The van der Waals surface area contributed by atoms with Crippen LogP contribution in [-0.4, -0.2) is 24.2 Å². The maximum atomic E-state index is 10.6. The molecule has 0 aliphatic rings. The van der Waals surface area contributed by atoms with Crippen LogP contribution in [0.1, 0.15) is 110 Å². The molecule has 0 saturated heterocycles. The van der Waals surface area contributed by atoms with Crippen molar-refractivity contribution in [3.63, 3.8) is 0 Å². The van der Waals surface area contributed by atoms with Crippen LogP contribution in [0, 0.1) is 0 Å². The predicted octanol–water partition coefficient (Wildman–Crippen LogP) is 7.82. The van der Waals surface area contributed by atoms with Crippen molar-refractivity contribution in [2.45, 2.75) is 110 Å². The minimum Gasteiger partial charge on any atom is -0.494 e. The van der Waals surface area contributed by atoms with E-state index in [1.54, 1.807) is 0 Å². The first kappa shape index (κ1) is 26.3. The van der Waals surface area contributed by atoms with E-state index in [-0.39, 0.29) is 6.54 Å². The molecule has 30 heavy (non-hydrogen) atoms. The number of anilines is 1. The lowest BCUT2D eigenvalue weighted by molar-refractivity contribution is -0.134. The number of ether oxygens (including phenoxy) is 1. The van der Waals surface area contributed by atoms with Gasteiger partial charge >= 0.3 is 5.97 Å². The summed E-state index contributed by atoms with van der Waals surface area (Å²) in [4.78, 5) is 10.6. The molecule has 0 atom stereocenters. The Hall–Kier alpha value is -1.71. The molecule has 1 rings (SSSR count). The fraction of sp³-hybridized carbons (Fsp3) is 0.731. The van der Waals surface area contributed by atoms with E-state index in [9.17, 15) is 4.79 Å². The topological polar surface area (TPSA) is 58.6 Å². The van der Waals surface area contributed by atoms with E-state index in [1.165, 1.54) is 96.3 Å². The molecule has 0 unspecified atom stereocenters. The molecule has 0 aliphatic heterocycles. The Kier molecular flexibility index (Phi) is 16.9. The zero-order chi connectivity index (χ0) is 21.7. The molecule has 1 aromatic rings. The van der Waals surface area contributed by atoms with E-state index in [1.807, 2.05) is 24.3 Å². The van der Waals surface area contributed by atoms with Crippen molar-refractivity contribution < 1.29 is 14.6 Å². The Labute approximate surface area is 184 Å². The summed E-state index contributed by atoms with van der Waals surface area (Å²) in [5.41, 5.74) is 0.780. The fourth-order valence-corrected chi connectivity index (χ4v) is 3.71. The Morgan fingerprint density at radius 1 is 0.800 bits per heavy atom. The highest BCUT2D eigenvalue weighted by Gasteiger charge is 2.00. The monoisotopic (exact) mass is 419 g/mol. The van der Waals surface area contributed by atoms with Crippen LogP contribution in [-0.2, 0) is 4.79 Å². The number of carboxylic acids is 1. The summed E-state index contributed by atoms with van der Waals surface area (Å²) in [6, 6.07) is 7.51. The highest BCUT2D eigenvalue weighted by molar-refractivity contribution is 5.72. The second kappa shape index (κ2) is 19.3. The van der Waals surface area contributed by atoms with Gasteiger partial charge in [0.2, 0.25) is 0 Å². The van der Waals surface area contributed by atoms with Crippen LogP contribution in [0.15, 0.2) is 24.3 Å². The van der Waals surface area contributed by atoms with Crippen molar-refractivity contribution in [1.82, 2.24) is 0 Å². The van der Waals surface area contributed by atoms with Crippen LogP contribution >= 0.6 is 0 Å². The van der Waals surface area contributed by atoms with Gasteiger partial charge in [0.1, 0.15) is 12.3 Å². The maximum absolute atomic E-state index is 10.6. The van der Waals surface area contributed by atoms with Gasteiger partial charge in [0.15, 0.2) is 0 Å². The number of hydrogen-bond donors (Lipinski definition) is 2. The summed E-state index contributed by atoms with van der Waals surface area (Å²) in [6.45, 7) is 2.92. The van der Waals surface area contributed by atoms with Gasteiger partial charge in [0.25, 0.3) is 0 Å². The Morgan fingerprint density at radius 3 is 1.80 bits per heavy atom. The van der Waals surface area contributed by atoms with Crippen molar-refractivity contribution in [2.75, 3.05) is 18.5 Å². The average molecular weight is 420 g/mol. The zero-order valence-electron chi connectivity index (χ0n) is 19.3. The first-order valence-electron chi connectivity index (χ1n) is 12.4. The molecule has 0 saturated carbocycles. The average Bonchev–Trinajstić information content (AvgIpc) is 2.75. The molecule has 172 valence electrons. The molecule has 1 aromatic carbocycles. The molecule has 0 fully saturated rings. The first-order chi connectivity index (χ1) is 14.7. The second-order valence-corrected chi connectivity index (χ2v) is 8.43. The molecule has 0 aromatic heterocycles. The van der Waals surface area contributed by atoms with Gasteiger partial charge in [-0.05, 0) is 18.6 Å². The second-order valence-electron chi connectivity index (χ2n) is 8.43. The SMILES string of the molecule is CCCCCCCCCCCCCCCCCCOc1cccc(NCC(=O)O)c1. The van der Waals surface area contributed by atoms with E-state index < -0.39 is 5.97 Å². The number of carboxylic acid groups (broad SMARTS) is 1. The van der Waals surface area contributed by atoms with E-state index in [0.717, 1.165) is 24.5 Å². The molecular weight excluding hydrogens is 374 g/mol. The largest absolute Gasteiger partial charge is 0.494 e. The summed E-state index contributed by atoms with van der Waals surface area (Å²) in [5, 5.41) is 11.6. The summed E-state index contributed by atoms with van der Waals surface area (Å²) in [6.07, 6.45) is 21.9. The Balaban J connectivity index is 1.85. The van der Waals surface area contributed by atoms with E-state index in [0.29, 0.717) is 0 Å².